The van der Waals surface area contributed by atoms with Crippen molar-refractivity contribution in [2.45, 2.75) is 6.18 Å². The van der Waals surface area contributed by atoms with Crippen molar-refractivity contribution < 1.29 is 13.2 Å². The van der Waals surface area contributed by atoms with Crippen LogP contribution in [0.25, 0.3) is 20.9 Å². The van der Waals surface area contributed by atoms with Crippen LogP contribution >= 0.6 is 22.7 Å². The maximum Gasteiger partial charge on any atom is 0.416 e. The van der Waals surface area contributed by atoms with Gasteiger partial charge in [0.15, 0.2) is 5.13 Å². The monoisotopic (exact) mass is 301 g/mol. The summed E-state index contributed by atoms with van der Waals surface area (Å²) in [4.78, 5) is 8.25. The first-order valence-electron chi connectivity index (χ1n) is 5.12. The number of anilines is 1. The fourth-order valence-electron chi connectivity index (χ4n) is 1.60. The molecule has 2 heterocycles. The van der Waals surface area contributed by atoms with Crippen LogP contribution in [0.3, 0.4) is 0 Å². The molecule has 3 nitrogen and oxygen atoms in total. The van der Waals surface area contributed by atoms with E-state index in [0.717, 1.165) is 12.1 Å². The van der Waals surface area contributed by atoms with E-state index in [2.05, 4.69) is 9.97 Å². The maximum absolute atomic E-state index is 12.6. The summed E-state index contributed by atoms with van der Waals surface area (Å²) in [5.41, 5.74) is 5.74. The van der Waals surface area contributed by atoms with Crippen LogP contribution in [0.4, 0.5) is 18.3 Å². The Balaban J connectivity index is 2.11. The summed E-state index contributed by atoms with van der Waals surface area (Å²) in [6.45, 7) is 0. The summed E-state index contributed by atoms with van der Waals surface area (Å²) in [7, 11) is 0. The van der Waals surface area contributed by atoms with Crippen LogP contribution in [-0.2, 0) is 6.18 Å². The van der Waals surface area contributed by atoms with Crippen molar-refractivity contribution in [1.29, 1.82) is 0 Å². The van der Waals surface area contributed by atoms with Crippen LogP contribution in [0.1, 0.15) is 5.56 Å². The number of hydrogen-bond donors (Lipinski definition) is 1. The Labute approximate surface area is 113 Å². The number of benzene rings is 1. The number of hydrogen-bond acceptors (Lipinski definition) is 5. The van der Waals surface area contributed by atoms with E-state index in [1.807, 2.05) is 0 Å². The highest BCUT2D eigenvalue weighted by molar-refractivity contribution is 7.22. The average molecular weight is 301 g/mol. The molecule has 0 bridgehead atoms. The van der Waals surface area contributed by atoms with E-state index in [-0.39, 0.29) is 0 Å². The Morgan fingerprint density at radius 1 is 1.16 bits per heavy atom. The molecule has 0 unspecified atom stereocenters. The van der Waals surface area contributed by atoms with Crippen molar-refractivity contribution in [2.75, 3.05) is 5.73 Å². The van der Waals surface area contributed by atoms with Gasteiger partial charge in [-0.15, -0.1) is 22.7 Å². The minimum absolute atomic E-state index is 0.321. The van der Waals surface area contributed by atoms with Crippen LogP contribution in [0.15, 0.2) is 23.6 Å². The van der Waals surface area contributed by atoms with Crippen molar-refractivity contribution in [3.8, 4) is 10.7 Å². The molecule has 0 amide bonds. The molecule has 0 aliphatic carbocycles. The molecule has 0 atom stereocenters. The zero-order valence-corrected chi connectivity index (χ0v) is 10.9. The summed E-state index contributed by atoms with van der Waals surface area (Å²) in [5.74, 6) is 0. The van der Waals surface area contributed by atoms with E-state index < -0.39 is 11.7 Å². The van der Waals surface area contributed by atoms with Gasteiger partial charge in [0, 0.05) is 5.38 Å². The maximum atomic E-state index is 12.6. The van der Waals surface area contributed by atoms with Crippen LogP contribution in [0.5, 0.6) is 0 Å². The molecule has 8 heteroatoms. The largest absolute Gasteiger partial charge is 0.416 e. The Hall–Kier alpha value is -1.67. The fourth-order valence-corrected chi connectivity index (χ4v) is 3.13. The van der Waals surface area contributed by atoms with E-state index in [1.54, 1.807) is 5.38 Å². The van der Waals surface area contributed by atoms with Crippen LogP contribution in [0, 0.1) is 0 Å². The quantitative estimate of drug-likeness (QED) is 0.738. The normalized spacial score (nSPS) is 12.2. The number of rotatable bonds is 1. The van der Waals surface area contributed by atoms with Gasteiger partial charge in [0.05, 0.1) is 15.8 Å². The van der Waals surface area contributed by atoms with Gasteiger partial charge in [-0.25, -0.2) is 9.97 Å². The predicted octanol–water partition coefficient (Wildman–Crippen LogP) is 4.02. The number of halogens is 3. The number of alkyl halides is 3. The molecule has 3 aromatic rings. The lowest BCUT2D eigenvalue weighted by molar-refractivity contribution is -0.137. The van der Waals surface area contributed by atoms with E-state index in [9.17, 15) is 13.2 Å². The lowest BCUT2D eigenvalue weighted by atomic mass is 10.2. The molecular formula is C11H6F3N3S2. The topological polar surface area (TPSA) is 51.8 Å². The first kappa shape index (κ1) is 12.4. The van der Waals surface area contributed by atoms with Gasteiger partial charge < -0.3 is 5.73 Å². The second-order valence-electron chi connectivity index (χ2n) is 3.77. The van der Waals surface area contributed by atoms with Crippen molar-refractivity contribution in [1.82, 2.24) is 9.97 Å². The number of nitrogens with two attached hydrogens (primary N) is 1. The molecule has 1 aromatic carbocycles. The highest BCUT2D eigenvalue weighted by atomic mass is 32.1. The van der Waals surface area contributed by atoms with Gasteiger partial charge in [-0.1, -0.05) is 0 Å². The molecular weight excluding hydrogens is 295 g/mol. The number of aromatic nitrogens is 2. The Bertz CT molecular complexity index is 745. The van der Waals surface area contributed by atoms with Crippen LogP contribution in [-0.4, -0.2) is 9.97 Å². The van der Waals surface area contributed by atoms with Crippen LogP contribution < -0.4 is 5.73 Å². The van der Waals surface area contributed by atoms with Crippen molar-refractivity contribution >= 4 is 38.0 Å². The molecule has 0 saturated carbocycles. The SMILES string of the molecule is Nc1nc(-c2nc3cc(C(F)(F)F)ccc3s2)cs1. The number of nitrogens with zero attached hydrogens (tertiary/aromatic N) is 2. The van der Waals surface area contributed by atoms with Gasteiger partial charge in [0.2, 0.25) is 0 Å². The molecule has 0 aliphatic heterocycles. The van der Waals surface area contributed by atoms with Crippen LogP contribution in [0.2, 0.25) is 0 Å². The minimum atomic E-state index is -4.36. The second kappa shape index (κ2) is 4.17. The van der Waals surface area contributed by atoms with Gasteiger partial charge in [0.25, 0.3) is 0 Å². The molecule has 0 fully saturated rings. The van der Waals surface area contributed by atoms with E-state index >= 15 is 0 Å². The first-order valence-corrected chi connectivity index (χ1v) is 6.82. The van der Waals surface area contributed by atoms with Crippen molar-refractivity contribution in [3.05, 3.63) is 29.1 Å². The highest BCUT2D eigenvalue weighted by Gasteiger charge is 2.30. The molecule has 2 N–H and O–H groups in total. The molecule has 0 saturated heterocycles. The van der Waals surface area contributed by atoms with E-state index in [0.29, 0.717) is 26.0 Å². The summed E-state index contributed by atoms with van der Waals surface area (Å²) in [6, 6.07) is 3.53. The Morgan fingerprint density at radius 2 is 1.95 bits per heavy atom. The Morgan fingerprint density at radius 3 is 2.58 bits per heavy atom. The molecule has 3 rings (SSSR count). The molecule has 19 heavy (non-hydrogen) atoms. The van der Waals surface area contributed by atoms with E-state index in [4.69, 9.17) is 5.73 Å². The summed E-state index contributed by atoms with van der Waals surface area (Å²) in [6.07, 6.45) is -4.36. The standard InChI is InChI=1S/C11H6F3N3S2/c12-11(13,14)5-1-2-8-6(3-5)16-9(19-8)7-4-18-10(15)17-7/h1-4H,(H2,15,17). The first-order chi connectivity index (χ1) is 8.93. The van der Waals surface area contributed by atoms with Crippen molar-refractivity contribution in [3.63, 3.8) is 0 Å². The third kappa shape index (κ3) is 2.28. The van der Waals surface area contributed by atoms with Crippen molar-refractivity contribution in [2.24, 2.45) is 0 Å². The van der Waals surface area contributed by atoms with Gasteiger partial charge >= 0.3 is 6.18 Å². The summed E-state index contributed by atoms with van der Waals surface area (Å²) >= 11 is 2.56. The highest BCUT2D eigenvalue weighted by Crippen LogP contribution is 2.35. The average Bonchev–Trinajstić information content (AvgIpc) is 2.92. The molecule has 2 aromatic heterocycles. The number of fused-ring (bicyclic) bond motifs is 1. The summed E-state index contributed by atoms with van der Waals surface area (Å²) < 4.78 is 38.5. The van der Waals surface area contributed by atoms with Gasteiger partial charge in [-0.2, -0.15) is 13.2 Å². The van der Waals surface area contributed by atoms with Gasteiger partial charge in [0.1, 0.15) is 10.7 Å². The Kier molecular flexibility index (Phi) is 2.72. The zero-order chi connectivity index (χ0) is 13.6. The number of thiazole rings is 2. The third-order valence-electron chi connectivity index (χ3n) is 2.46. The molecule has 98 valence electrons. The zero-order valence-electron chi connectivity index (χ0n) is 9.23. The van der Waals surface area contributed by atoms with E-state index in [1.165, 1.54) is 28.7 Å². The van der Waals surface area contributed by atoms with Gasteiger partial charge in [-0.3, -0.25) is 0 Å². The molecule has 0 spiro atoms. The summed E-state index contributed by atoms with van der Waals surface area (Å²) in [5, 5.41) is 2.71. The lowest BCUT2D eigenvalue weighted by Crippen LogP contribution is -2.03. The molecule has 0 aliphatic rings. The third-order valence-corrected chi connectivity index (χ3v) is 4.19. The van der Waals surface area contributed by atoms with Gasteiger partial charge in [-0.05, 0) is 18.2 Å². The smallest absolute Gasteiger partial charge is 0.375 e. The molecule has 0 radical (unpaired) electrons. The fraction of sp³-hybridized carbons (Fsp3) is 0.0909. The number of nitrogen functional groups attached to an aromatic ring is 1. The predicted molar refractivity (Wildman–Crippen MR) is 70.1 cm³/mol. The second-order valence-corrected chi connectivity index (χ2v) is 5.69. The lowest BCUT2D eigenvalue weighted by Gasteiger charge is -2.04. The minimum Gasteiger partial charge on any atom is -0.375 e.